The highest BCUT2D eigenvalue weighted by Crippen LogP contribution is 2.20. The van der Waals surface area contributed by atoms with E-state index in [4.69, 9.17) is 5.26 Å². The number of carbonyl (C=O) groups is 2. The molecule has 0 atom stereocenters. The maximum Gasteiger partial charge on any atom is 0.244 e. The fraction of sp³-hybridized carbons (Fsp3) is 0.250. The summed E-state index contributed by atoms with van der Waals surface area (Å²) in [5.41, 5.74) is 2.97. The van der Waals surface area contributed by atoms with Crippen LogP contribution in [0.3, 0.4) is 0 Å². The molecular weight excluding hydrogens is 314 g/mol. The highest BCUT2D eigenvalue weighted by atomic mass is 16.2. The lowest BCUT2D eigenvalue weighted by atomic mass is 10.0. The Morgan fingerprint density at radius 1 is 1.08 bits per heavy atom. The first-order valence-corrected chi connectivity index (χ1v) is 8.08. The maximum atomic E-state index is 12.3. The third-order valence-corrected chi connectivity index (χ3v) is 3.85. The van der Waals surface area contributed by atoms with E-state index in [1.54, 1.807) is 24.3 Å². The topological polar surface area (TPSA) is 73.2 Å². The first kappa shape index (κ1) is 18.2. The van der Waals surface area contributed by atoms with Crippen LogP contribution in [0, 0.1) is 11.3 Å². The van der Waals surface area contributed by atoms with Gasteiger partial charge in [-0.3, -0.25) is 9.59 Å². The number of anilines is 2. The monoisotopic (exact) mass is 335 g/mol. The second-order valence-corrected chi connectivity index (χ2v) is 6.09. The molecule has 0 heterocycles. The van der Waals surface area contributed by atoms with Crippen LogP contribution in [0.2, 0.25) is 0 Å². The van der Waals surface area contributed by atoms with E-state index < -0.39 is 0 Å². The molecule has 0 aliphatic carbocycles. The van der Waals surface area contributed by atoms with Crippen molar-refractivity contribution in [3.8, 4) is 6.07 Å². The van der Waals surface area contributed by atoms with Gasteiger partial charge in [0.05, 0.1) is 11.6 Å². The zero-order valence-electron chi connectivity index (χ0n) is 14.6. The fourth-order valence-corrected chi connectivity index (χ4v) is 2.40. The second kappa shape index (κ2) is 8.11. The molecule has 2 rings (SSSR count). The predicted molar refractivity (Wildman–Crippen MR) is 98.3 cm³/mol. The summed E-state index contributed by atoms with van der Waals surface area (Å²) in [5.74, 6) is -0.0976. The van der Waals surface area contributed by atoms with Crippen molar-refractivity contribution >= 4 is 23.2 Å². The maximum absolute atomic E-state index is 12.3. The minimum Gasteiger partial charge on any atom is -0.325 e. The molecule has 0 bridgehead atoms. The molecule has 0 saturated carbocycles. The molecule has 0 aromatic heterocycles. The van der Waals surface area contributed by atoms with Gasteiger partial charge in [0.15, 0.2) is 0 Å². The SMILES string of the molecule is CC(=O)N(CC(=O)Nc1ccc(C#N)cc1)c1ccc(C(C)C)cc1. The van der Waals surface area contributed by atoms with Gasteiger partial charge in [0.1, 0.15) is 6.54 Å². The highest BCUT2D eigenvalue weighted by Gasteiger charge is 2.16. The molecule has 0 fully saturated rings. The van der Waals surface area contributed by atoms with E-state index in [2.05, 4.69) is 19.2 Å². The number of nitriles is 1. The Labute approximate surface area is 147 Å². The van der Waals surface area contributed by atoms with Crippen molar-refractivity contribution in [2.45, 2.75) is 26.7 Å². The summed E-state index contributed by atoms with van der Waals surface area (Å²) in [4.78, 5) is 25.6. The Hall–Kier alpha value is -3.13. The fourth-order valence-electron chi connectivity index (χ4n) is 2.40. The van der Waals surface area contributed by atoms with Crippen LogP contribution >= 0.6 is 0 Å². The smallest absolute Gasteiger partial charge is 0.244 e. The largest absolute Gasteiger partial charge is 0.325 e. The molecule has 2 aromatic carbocycles. The van der Waals surface area contributed by atoms with Crippen LogP contribution in [0.15, 0.2) is 48.5 Å². The van der Waals surface area contributed by atoms with Crippen molar-refractivity contribution in [1.29, 1.82) is 5.26 Å². The first-order valence-electron chi connectivity index (χ1n) is 8.08. The lowest BCUT2D eigenvalue weighted by Crippen LogP contribution is -2.36. The van der Waals surface area contributed by atoms with Crippen LogP contribution in [0.25, 0.3) is 0 Å². The minimum absolute atomic E-state index is 0.0731. The van der Waals surface area contributed by atoms with Crippen molar-refractivity contribution in [3.05, 3.63) is 59.7 Å². The number of carbonyl (C=O) groups excluding carboxylic acids is 2. The van der Waals surface area contributed by atoms with Gasteiger partial charge in [-0.2, -0.15) is 5.26 Å². The van der Waals surface area contributed by atoms with E-state index in [9.17, 15) is 9.59 Å². The van der Waals surface area contributed by atoms with Gasteiger partial charge in [-0.15, -0.1) is 0 Å². The van der Waals surface area contributed by atoms with E-state index >= 15 is 0 Å². The summed E-state index contributed by atoms with van der Waals surface area (Å²) in [6.07, 6.45) is 0. The lowest BCUT2D eigenvalue weighted by Gasteiger charge is -2.21. The van der Waals surface area contributed by atoms with Crippen molar-refractivity contribution in [2.75, 3.05) is 16.8 Å². The quantitative estimate of drug-likeness (QED) is 0.906. The third-order valence-electron chi connectivity index (χ3n) is 3.85. The average Bonchev–Trinajstić information content (AvgIpc) is 2.60. The first-order chi connectivity index (χ1) is 11.9. The molecule has 5 heteroatoms. The van der Waals surface area contributed by atoms with Gasteiger partial charge in [0.2, 0.25) is 11.8 Å². The lowest BCUT2D eigenvalue weighted by molar-refractivity contribution is -0.120. The Balaban J connectivity index is 2.08. The number of hydrogen-bond acceptors (Lipinski definition) is 3. The number of amides is 2. The van der Waals surface area contributed by atoms with Crippen LogP contribution in [0.4, 0.5) is 11.4 Å². The van der Waals surface area contributed by atoms with Gasteiger partial charge in [-0.05, 0) is 47.9 Å². The van der Waals surface area contributed by atoms with Crippen molar-refractivity contribution < 1.29 is 9.59 Å². The molecule has 0 aliphatic rings. The zero-order valence-corrected chi connectivity index (χ0v) is 14.6. The number of rotatable bonds is 5. The summed E-state index contributed by atoms with van der Waals surface area (Å²) in [7, 11) is 0. The van der Waals surface area contributed by atoms with E-state index in [1.807, 2.05) is 30.3 Å². The molecule has 1 N–H and O–H groups in total. The van der Waals surface area contributed by atoms with Crippen LogP contribution in [0.1, 0.15) is 37.8 Å². The standard InChI is InChI=1S/C20H21N3O2/c1-14(2)17-6-10-19(11-7-17)23(15(3)24)13-20(25)22-18-8-4-16(12-21)5-9-18/h4-11,14H,13H2,1-3H3,(H,22,25). The Morgan fingerprint density at radius 2 is 1.68 bits per heavy atom. The van der Waals surface area contributed by atoms with Crippen LogP contribution < -0.4 is 10.2 Å². The summed E-state index contributed by atoms with van der Waals surface area (Å²) in [6.45, 7) is 5.56. The van der Waals surface area contributed by atoms with Crippen molar-refractivity contribution in [3.63, 3.8) is 0 Å². The zero-order chi connectivity index (χ0) is 18.4. The number of benzene rings is 2. The number of hydrogen-bond donors (Lipinski definition) is 1. The van der Waals surface area contributed by atoms with E-state index in [-0.39, 0.29) is 18.4 Å². The molecule has 2 aromatic rings. The molecule has 0 spiro atoms. The van der Waals surface area contributed by atoms with Crippen molar-refractivity contribution in [1.82, 2.24) is 0 Å². The summed E-state index contributed by atoms with van der Waals surface area (Å²) in [5, 5.41) is 11.5. The highest BCUT2D eigenvalue weighted by molar-refractivity contribution is 6.01. The van der Waals surface area contributed by atoms with E-state index in [0.717, 1.165) is 0 Å². The second-order valence-electron chi connectivity index (χ2n) is 6.09. The van der Waals surface area contributed by atoms with Gasteiger partial charge in [0, 0.05) is 18.3 Å². The molecule has 5 nitrogen and oxygen atoms in total. The van der Waals surface area contributed by atoms with Gasteiger partial charge < -0.3 is 10.2 Å². The molecule has 0 saturated heterocycles. The molecule has 0 unspecified atom stereocenters. The molecule has 0 aliphatic heterocycles. The van der Waals surface area contributed by atoms with Crippen LogP contribution in [0.5, 0.6) is 0 Å². The van der Waals surface area contributed by atoms with Gasteiger partial charge in [-0.25, -0.2) is 0 Å². The summed E-state index contributed by atoms with van der Waals surface area (Å²) in [6, 6.07) is 16.2. The summed E-state index contributed by atoms with van der Waals surface area (Å²) >= 11 is 0. The molecular formula is C20H21N3O2. The van der Waals surface area contributed by atoms with Gasteiger partial charge in [0.25, 0.3) is 0 Å². The molecule has 2 amide bonds. The number of nitrogens with zero attached hydrogens (tertiary/aromatic N) is 2. The average molecular weight is 335 g/mol. The molecule has 0 radical (unpaired) electrons. The van der Waals surface area contributed by atoms with Crippen LogP contribution in [-0.4, -0.2) is 18.4 Å². The minimum atomic E-state index is -0.298. The number of nitrogens with one attached hydrogen (secondary N) is 1. The van der Waals surface area contributed by atoms with Crippen molar-refractivity contribution in [2.24, 2.45) is 0 Å². The van der Waals surface area contributed by atoms with E-state index in [0.29, 0.717) is 22.9 Å². The van der Waals surface area contributed by atoms with Gasteiger partial charge >= 0.3 is 0 Å². The normalized spacial score (nSPS) is 10.2. The van der Waals surface area contributed by atoms with Crippen LogP contribution in [-0.2, 0) is 9.59 Å². The predicted octanol–water partition coefficient (Wildman–Crippen LogP) is 3.67. The van der Waals surface area contributed by atoms with E-state index in [1.165, 1.54) is 17.4 Å². The Bertz CT molecular complexity index is 787. The Kier molecular flexibility index (Phi) is 5.91. The molecule has 128 valence electrons. The van der Waals surface area contributed by atoms with Gasteiger partial charge in [-0.1, -0.05) is 26.0 Å². The Morgan fingerprint density at radius 3 is 2.16 bits per heavy atom. The summed E-state index contributed by atoms with van der Waals surface area (Å²) < 4.78 is 0. The molecule has 25 heavy (non-hydrogen) atoms. The third kappa shape index (κ3) is 4.92.